The predicted molar refractivity (Wildman–Crippen MR) is 88.8 cm³/mol. The minimum atomic E-state index is 0. The third-order valence-electron chi connectivity index (χ3n) is 3.98. The Hall–Kier alpha value is -0.0457. The second-order valence-corrected chi connectivity index (χ2v) is 6.82. The van der Waals surface area contributed by atoms with Crippen LogP contribution in [0.2, 0.25) is 0 Å². The monoisotopic (exact) mass is 386 g/mol. The molecule has 0 fully saturated rings. The van der Waals surface area contributed by atoms with Crippen LogP contribution in [-0.2, 0) is 28.3 Å². The van der Waals surface area contributed by atoms with Crippen molar-refractivity contribution in [2.24, 2.45) is 5.92 Å². The van der Waals surface area contributed by atoms with Crippen LogP contribution in [0.25, 0.3) is 10.9 Å². The summed E-state index contributed by atoms with van der Waals surface area (Å²) < 4.78 is 0. The first-order chi connectivity index (χ1) is 9.29. The maximum Gasteiger partial charge on any atom is 3.00 e. The molecule has 0 spiro atoms. The van der Waals surface area contributed by atoms with E-state index in [1.54, 1.807) is 0 Å². The minimum absolute atomic E-state index is 0. The van der Waals surface area contributed by atoms with Crippen molar-refractivity contribution in [2.75, 3.05) is 0 Å². The first kappa shape index (κ1) is 25.2. The largest absolute Gasteiger partial charge is 3.00 e. The van der Waals surface area contributed by atoms with Gasteiger partial charge in [0.25, 0.3) is 0 Å². The van der Waals surface area contributed by atoms with Crippen molar-refractivity contribution in [3.63, 3.8) is 0 Å². The van der Waals surface area contributed by atoms with E-state index in [-0.39, 0.29) is 52.1 Å². The average molecular weight is 387 g/mol. The zero-order chi connectivity index (χ0) is 14.9. The zero-order valence-electron chi connectivity index (χ0n) is 14.9. The molecule has 4 heteroatoms. The Morgan fingerprint density at radius 2 is 1.61 bits per heavy atom. The molecule has 1 aromatic rings. The summed E-state index contributed by atoms with van der Waals surface area (Å²) in [4.78, 5) is 0. The van der Waals surface area contributed by atoms with E-state index in [1.807, 2.05) is 0 Å². The van der Waals surface area contributed by atoms with Gasteiger partial charge in [-0.1, -0.05) is 69.2 Å². The van der Waals surface area contributed by atoms with E-state index in [9.17, 15) is 0 Å². The summed E-state index contributed by atoms with van der Waals surface area (Å²) in [5.41, 5.74) is 7.05. The van der Waals surface area contributed by atoms with Crippen molar-refractivity contribution >= 4 is 5.57 Å². The van der Waals surface area contributed by atoms with E-state index in [4.69, 9.17) is 5.32 Å². The van der Waals surface area contributed by atoms with Gasteiger partial charge in [-0.3, -0.25) is 0 Å². The maximum absolute atomic E-state index is 4.79. The average Bonchev–Trinajstić information content (AvgIpc) is 2.60. The molecule has 0 heterocycles. The van der Waals surface area contributed by atoms with E-state index >= 15 is 0 Å². The quantitative estimate of drug-likeness (QED) is 0.635. The van der Waals surface area contributed by atoms with Gasteiger partial charge in [0.1, 0.15) is 0 Å². The number of rotatable bonds is 3. The minimum Gasteiger partial charge on any atom is -1.00 e. The molecule has 0 saturated heterocycles. The number of hydrogen-bond donors (Lipinski definition) is 0. The molecule has 1 unspecified atom stereocenters. The fourth-order valence-corrected chi connectivity index (χ4v) is 2.83. The Labute approximate surface area is 169 Å². The van der Waals surface area contributed by atoms with E-state index in [0.29, 0.717) is 5.92 Å². The van der Waals surface area contributed by atoms with E-state index in [0.717, 1.165) is 6.54 Å². The van der Waals surface area contributed by atoms with E-state index < -0.39 is 0 Å². The van der Waals surface area contributed by atoms with Gasteiger partial charge in [-0.2, -0.15) is 0 Å². The Bertz CT molecular complexity index is 571. The molecule has 23 heavy (non-hydrogen) atoms. The Morgan fingerprint density at radius 3 is 2.09 bits per heavy atom. The van der Waals surface area contributed by atoms with Gasteiger partial charge in [-0.25, -0.2) is 0 Å². The number of nitrogens with zero attached hydrogens (tertiary/aromatic N) is 1. The predicted octanol–water partition coefficient (Wildman–Crippen LogP) is -0.266. The molecular weight excluding hydrogens is 361 g/mol. The molecule has 125 valence electrons. The normalized spacial score (nSPS) is 17.0. The first-order valence-corrected chi connectivity index (χ1v) is 7.46. The summed E-state index contributed by atoms with van der Waals surface area (Å²) in [6.45, 7) is 14.0. The fraction of sp³-hybridized carbons (Fsp3) is 0.474. The molecule has 1 radical (unpaired) electrons. The van der Waals surface area contributed by atoms with Gasteiger partial charge < -0.3 is 30.1 Å². The van der Waals surface area contributed by atoms with Crippen LogP contribution in [0, 0.1) is 5.92 Å². The Morgan fingerprint density at radius 1 is 1.04 bits per heavy atom. The molecule has 1 aliphatic rings. The van der Waals surface area contributed by atoms with E-state index in [1.165, 1.54) is 27.8 Å². The number of hydrogen-bond acceptors (Lipinski definition) is 0. The summed E-state index contributed by atoms with van der Waals surface area (Å²) in [5, 5.41) is 4.79. The number of allylic oxidation sites excluding steroid dienone is 4. The topological polar surface area (TPSA) is 14.1 Å². The van der Waals surface area contributed by atoms with Crippen LogP contribution < -0.4 is 24.8 Å². The van der Waals surface area contributed by atoms with Crippen molar-refractivity contribution < 1.29 is 46.5 Å². The second kappa shape index (κ2) is 10.1. The third kappa shape index (κ3) is 6.40. The summed E-state index contributed by atoms with van der Waals surface area (Å²) in [5.74, 6) is 0.505. The van der Waals surface area contributed by atoms with Crippen LogP contribution >= 0.6 is 0 Å². The molecule has 2 rings (SSSR count). The van der Waals surface area contributed by atoms with Crippen LogP contribution in [0.15, 0.2) is 41.5 Å². The van der Waals surface area contributed by atoms with Gasteiger partial charge in [-0.05, 0) is 30.6 Å². The van der Waals surface area contributed by atoms with Gasteiger partial charge in [0.2, 0.25) is 0 Å². The molecule has 1 atom stereocenters. The van der Waals surface area contributed by atoms with Crippen molar-refractivity contribution in [3.8, 4) is 0 Å². The SMILES string of the molecule is CC1=CC(C)C(c2ccccc2C[N-]C(C)(C)C)=C1C.[Cl-].[Cl-].[Ti+3]. The Balaban J connectivity index is 0. The summed E-state index contributed by atoms with van der Waals surface area (Å²) in [6.07, 6.45) is 2.36. The standard InChI is InChI=1S/C19H26N.2ClH.Ti/c1-13-11-14(2)18(15(13)3)17-10-8-7-9-16(17)12-20-19(4,5)6;;;/h7-11,14H,12H2,1-6H3;2*1H;/q-1;;;+3/p-2. The molecule has 1 aliphatic carbocycles. The number of halogens is 2. The van der Waals surface area contributed by atoms with Crippen molar-refractivity contribution in [1.29, 1.82) is 0 Å². The van der Waals surface area contributed by atoms with Crippen molar-refractivity contribution in [3.05, 3.63) is 57.9 Å². The number of benzene rings is 1. The van der Waals surface area contributed by atoms with Gasteiger partial charge in [0.05, 0.1) is 0 Å². The molecule has 0 amide bonds. The fourth-order valence-electron chi connectivity index (χ4n) is 2.83. The maximum atomic E-state index is 4.79. The van der Waals surface area contributed by atoms with Crippen LogP contribution in [0.4, 0.5) is 0 Å². The van der Waals surface area contributed by atoms with Gasteiger partial charge >= 0.3 is 21.7 Å². The smallest absolute Gasteiger partial charge is 1.00 e. The third-order valence-corrected chi connectivity index (χ3v) is 3.98. The summed E-state index contributed by atoms with van der Waals surface area (Å²) in [6, 6.07) is 8.71. The molecule has 0 aliphatic heterocycles. The molecule has 0 N–H and O–H groups in total. The molecule has 1 aromatic carbocycles. The van der Waals surface area contributed by atoms with Gasteiger partial charge in [0, 0.05) is 5.92 Å². The first-order valence-electron chi connectivity index (χ1n) is 7.46. The van der Waals surface area contributed by atoms with Crippen LogP contribution in [0.3, 0.4) is 0 Å². The molecule has 1 nitrogen and oxygen atoms in total. The molecule has 0 bridgehead atoms. The summed E-state index contributed by atoms with van der Waals surface area (Å²) in [7, 11) is 0. The van der Waals surface area contributed by atoms with Gasteiger partial charge in [-0.15, -0.1) is 12.1 Å². The zero-order valence-corrected chi connectivity index (χ0v) is 17.9. The summed E-state index contributed by atoms with van der Waals surface area (Å²) >= 11 is 0. The van der Waals surface area contributed by atoms with Crippen LogP contribution in [-0.4, -0.2) is 5.54 Å². The Kier molecular flexibility index (Phi) is 11.0. The van der Waals surface area contributed by atoms with Crippen molar-refractivity contribution in [2.45, 2.75) is 53.6 Å². The van der Waals surface area contributed by atoms with Crippen molar-refractivity contribution in [1.82, 2.24) is 0 Å². The second-order valence-electron chi connectivity index (χ2n) is 6.82. The van der Waals surface area contributed by atoms with Crippen LogP contribution in [0.1, 0.15) is 52.7 Å². The van der Waals surface area contributed by atoms with Crippen LogP contribution in [0.5, 0.6) is 0 Å². The molecule has 0 saturated carbocycles. The molecular formula is C19H26Cl2NTi. The van der Waals surface area contributed by atoms with E-state index in [2.05, 4.69) is 71.9 Å². The van der Waals surface area contributed by atoms with Gasteiger partial charge in [0.15, 0.2) is 0 Å². The molecule has 0 aromatic heterocycles.